The summed E-state index contributed by atoms with van der Waals surface area (Å²) < 4.78 is 1.09. The molecule has 30 heavy (non-hydrogen) atoms. The van der Waals surface area contributed by atoms with Gasteiger partial charge in [0.05, 0.1) is 9.70 Å². The van der Waals surface area contributed by atoms with Crippen LogP contribution in [0.1, 0.15) is 54.2 Å². The van der Waals surface area contributed by atoms with E-state index in [2.05, 4.69) is 60.1 Å². The third-order valence-electron chi connectivity index (χ3n) is 6.81. The van der Waals surface area contributed by atoms with E-state index in [0.717, 1.165) is 72.9 Å². The average Bonchev–Trinajstić information content (AvgIpc) is 3.51. The molecule has 8 heteroatoms. The highest BCUT2D eigenvalue weighted by molar-refractivity contribution is 9.11. The van der Waals surface area contributed by atoms with E-state index in [0.29, 0.717) is 5.92 Å². The van der Waals surface area contributed by atoms with Crippen molar-refractivity contribution in [3.05, 3.63) is 38.4 Å². The smallest absolute Gasteiger partial charge is 0.232 e. The van der Waals surface area contributed by atoms with Gasteiger partial charge in [-0.3, -0.25) is 4.79 Å². The van der Waals surface area contributed by atoms with E-state index in [1.165, 1.54) is 11.3 Å². The maximum atomic E-state index is 13.6. The van der Waals surface area contributed by atoms with Crippen molar-refractivity contribution in [3.8, 4) is 0 Å². The molecule has 0 radical (unpaired) electrons. The van der Waals surface area contributed by atoms with Gasteiger partial charge in [0.25, 0.3) is 0 Å². The fraction of sp³-hybridized carbons (Fsp3) is 0.591. The summed E-state index contributed by atoms with van der Waals surface area (Å²) in [5, 5.41) is 3.57. The van der Waals surface area contributed by atoms with Crippen LogP contribution < -0.4 is 10.2 Å². The minimum absolute atomic E-state index is 0.0846. The van der Waals surface area contributed by atoms with Gasteiger partial charge in [-0.1, -0.05) is 6.92 Å². The lowest BCUT2D eigenvalue weighted by atomic mass is 9.94. The van der Waals surface area contributed by atoms with E-state index in [4.69, 9.17) is 0 Å². The van der Waals surface area contributed by atoms with Crippen molar-refractivity contribution in [1.29, 1.82) is 0 Å². The highest BCUT2D eigenvalue weighted by Crippen LogP contribution is 2.38. The van der Waals surface area contributed by atoms with Crippen LogP contribution in [0.25, 0.3) is 0 Å². The number of rotatable bonds is 4. The van der Waals surface area contributed by atoms with Crippen molar-refractivity contribution >= 4 is 39.0 Å². The standard InChI is InChI=1S/C22H28BrN5OS/c1-14-4-5-16-19(14)21(26-13-25-16)27-9-11-28(12-10-27)22(29)20(15-3-2-8-24-15)17-6-7-18(23)30-17/h6-7,13-15,20,24H,2-5,8-12H2,1H3/t14-,15+,20-/m1/s1. The first-order chi connectivity index (χ1) is 14.6. The minimum Gasteiger partial charge on any atom is -0.353 e. The number of halogens is 1. The molecule has 3 aliphatic rings. The Morgan fingerprint density at radius 3 is 2.77 bits per heavy atom. The topological polar surface area (TPSA) is 61.4 Å². The highest BCUT2D eigenvalue weighted by Gasteiger charge is 2.37. The predicted molar refractivity (Wildman–Crippen MR) is 123 cm³/mol. The van der Waals surface area contributed by atoms with Crippen LogP contribution in [0.4, 0.5) is 5.82 Å². The van der Waals surface area contributed by atoms with E-state index < -0.39 is 0 Å². The number of aromatic nitrogens is 2. The summed E-state index contributed by atoms with van der Waals surface area (Å²) in [7, 11) is 0. The molecule has 0 unspecified atom stereocenters. The van der Waals surface area contributed by atoms with Crippen molar-refractivity contribution in [3.63, 3.8) is 0 Å². The fourth-order valence-corrected chi connectivity index (χ4v) is 6.78. The number of amides is 1. The van der Waals surface area contributed by atoms with Crippen LogP contribution in [0.5, 0.6) is 0 Å². The molecule has 3 atom stereocenters. The van der Waals surface area contributed by atoms with Crippen molar-refractivity contribution in [2.75, 3.05) is 37.6 Å². The monoisotopic (exact) mass is 489 g/mol. The SMILES string of the molecule is C[C@@H]1CCc2ncnc(N3CCN(C(=O)[C@@H](c4ccc(Br)s4)[C@@H]4CCCN4)CC3)c21. The molecule has 0 spiro atoms. The molecule has 1 aliphatic carbocycles. The Balaban J connectivity index is 1.31. The van der Waals surface area contributed by atoms with Gasteiger partial charge in [0.15, 0.2) is 0 Å². The summed E-state index contributed by atoms with van der Waals surface area (Å²) >= 11 is 5.26. The maximum Gasteiger partial charge on any atom is 0.232 e. The zero-order chi connectivity index (χ0) is 20.7. The molecular weight excluding hydrogens is 462 g/mol. The summed E-state index contributed by atoms with van der Waals surface area (Å²) in [6.07, 6.45) is 6.13. The maximum absolute atomic E-state index is 13.6. The quantitative estimate of drug-likeness (QED) is 0.711. The van der Waals surface area contributed by atoms with Gasteiger partial charge in [-0.25, -0.2) is 9.97 Å². The Hall–Kier alpha value is -1.51. The first kappa shape index (κ1) is 20.4. The second-order valence-corrected chi connectivity index (χ2v) is 11.1. The molecule has 4 heterocycles. The molecular formula is C22H28BrN5OS. The van der Waals surface area contributed by atoms with Gasteiger partial charge in [0.1, 0.15) is 12.1 Å². The molecule has 6 nitrogen and oxygen atoms in total. The van der Waals surface area contributed by atoms with Gasteiger partial charge >= 0.3 is 0 Å². The number of hydrogen-bond acceptors (Lipinski definition) is 6. The van der Waals surface area contributed by atoms with Gasteiger partial charge in [-0.05, 0) is 66.2 Å². The van der Waals surface area contributed by atoms with Crippen LogP contribution >= 0.6 is 27.3 Å². The molecule has 0 bridgehead atoms. The number of hydrogen-bond donors (Lipinski definition) is 1. The van der Waals surface area contributed by atoms with Crippen molar-refractivity contribution in [1.82, 2.24) is 20.2 Å². The molecule has 1 N–H and O–H groups in total. The Morgan fingerprint density at radius 1 is 1.23 bits per heavy atom. The van der Waals surface area contributed by atoms with Crippen LogP contribution in [0.15, 0.2) is 22.2 Å². The Kier molecular flexibility index (Phi) is 5.82. The van der Waals surface area contributed by atoms with Crippen LogP contribution in [0.3, 0.4) is 0 Å². The summed E-state index contributed by atoms with van der Waals surface area (Å²) in [5.74, 6) is 1.79. The van der Waals surface area contributed by atoms with Gasteiger partial charge in [0, 0.05) is 48.4 Å². The number of piperazine rings is 1. The Morgan fingerprint density at radius 2 is 2.07 bits per heavy atom. The van der Waals surface area contributed by atoms with Crippen molar-refractivity contribution in [2.24, 2.45) is 0 Å². The largest absolute Gasteiger partial charge is 0.353 e. The molecule has 0 saturated carbocycles. The molecule has 2 saturated heterocycles. The zero-order valence-electron chi connectivity index (χ0n) is 17.3. The number of carbonyl (C=O) groups excluding carboxylic acids is 1. The lowest BCUT2D eigenvalue weighted by Crippen LogP contribution is -2.52. The second-order valence-electron chi connectivity index (χ2n) is 8.63. The number of aryl methyl sites for hydroxylation is 1. The second kappa shape index (κ2) is 8.55. The van der Waals surface area contributed by atoms with Gasteiger partial charge in [-0.15, -0.1) is 11.3 Å². The molecule has 1 amide bonds. The number of thiophene rings is 1. The number of carbonyl (C=O) groups is 1. The molecule has 2 fully saturated rings. The van der Waals surface area contributed by atoms with Crippen LogP contribution in [-0.4, -0.2) is 59.5 Å². The molecule has 2 aliphatic heterocycles. The Bertz CT molecular complexity index is 920. The van der Waals surface area contributed by atoms with Gasteiger partial charge < -0.3 is 15.1 Å². The first-order valence-electron chi connectivity index (χ1n) is 11.0. The predicted octanol–water partition coefficient (Wildman–Crippen LogP) is 3.53. The average molecular weight is 490 g/mol. The van der Waals surface area contributed by atoms with Gasteiger partial charge in [-0.2, -0.15) is 0 Å². The minimum atomic E-state index is -0.0846. The third kappa shape index (κ3) is 3.78. The van der Waals surface area contributed by atoms with Crippen LogP contribution in [0.2, 0.25) is 0 Å². The highest BCUT2D eigenvalue weighted by atomic mass is 79.9. The van der Waals surface area contributed by atoms with Crippen molar-refractivity contribution in [2.45, 2.75) is 50.5 Å². The normalized spacial score (nSPS) is 24.9. The van der Waals surface area contributed by atoms with Gasteiger partial charge in [0.2, 0.25) is 5.91 Å². The summed E-state index contributed by atoms with van der Waals surface area (Å²) in [5.41, 5.74) is 2.54. The lowest BCUT2D eigenvalue weighted by Gasteiger charge is -2.38. The number of anilines is 1. The van der Waals surface area contributed by atoms with Crippen molar-refractivity contribution < 1.29 is 4.79 Å². The molecule has 0 aromatic carbocycles. The summed E-state index contributed by atoms with van der Waals surface area (Å²) in [6, 6.07) is 4.41. The van der Waals surface area contributed by atoms with E-state index in [-0.39, 0.29) is 17.9 Å². The molecule has 2 aromatic heterocycles. The Labute approximate surface area is 190 Å². The van der Waals surface area contributed by atoms with E-state index >= 15 is 0 Å². The van der Waals surface area contributed by atoms with Crippen LogP contribution in [0, 0.1) is 0 Å². The molecule has 160 valence electrons. The molecule has 2 aromatic rings. The fourth-order valence-electron chi connectivity index (χ4n) is 5.19. The lowest BCUT2D eigenvalue weighted by molar-refractivity contribution is -0.133. The first-order valence-corrected chi connectivity index (χ1v) is 12.6. The van der Waals surface area contributed by atoms with E-state index in [1.807, 2.05) is 0 Å². The van der Waals surface area contributed by atoms with E-state index in [1.54, 1.807) is 17.7 Å². The number of nitrogens with one attached hydrogen (secondary N) is 1. The third-order valence-corrected chi connectivity index (χ3v) is 8.52. The summed E-state index contributed by atoms with van der Waals surface area (Å²) in [4.78, 5) is 28.3. The van der Waals surface area contributed by atoms with E-state index in [9.17, 15) is 4.79 Å². The summed E-state index contributed by atoms with van der Waals surface area (Å²) in [6.45, 7) is 6.45. The number of fused-ring (bicyclic) bond motifs is 1. The van der Waals surface area contributed by atoms with Crippen LogP contribution in [-0.2, 0) is 11.2 Å². The molecule has 5 rings (SSSR count). The number of nitrogens with zero attached hydrogens (tertiary/aromatic N) is 4. The zero-order valence-corrected chi connectivity index (χ0v) is 19.7.